The molecule has 18 heavy (non-hydrogen) atoms. The molecule has 0 bridgehead atoms. The summed E-state index contributed by atoms with van der Waals surface area (Å²) in [6, 6.07) is 8.23. The van der Waals surface area contributed by atoms with E-state index in [1.807, 2.05) is 36.6 Å². The van der Waals surface area contributed by atoms with Gasteiger partial charge in [-0.2, -0.15) is 0 Å². The molecular formula is C16H15NS. The van der Waals surface area contributed by atoms with Gasteiger partial charge in [0.15, 0.2) is 0 Å². The van der Waals surface area contributed by atoms with Gasteiger partial charge in [-0.15, -0.1) is 0 Å². The van der Waals surface area contributed by atoms with E-state index in [-0.39, 0.29) is 0 Å². The molecule has 0 amide bonds. The monoisotopic (exact) mass is 253 g/mol. The van der Waals surface area contributed by atoms with E-state index in [4.69, 9.17) is 0 Å². The standard InChI is InChI=1S/C9H7NS.C7H8/c1-2-6-9-8(4-1)5-3-7-10-11-9;1-2-4-6-7-5-3-1/h1-7H;1-6H,7H2. The Bertz CT molecular complexity index is 508. The van der Waals surface area contributed by atoms with Crippen LogP contribution in [0.15, 0.2) is 76.1 Å². The van der Waals surface area contributed by atoms with Crippen LogP contribution in [-0.4, -0.2) is 6.21 Å². The van der Waals surface area contributed by atoms with E-state index >= 15 is 0 Å². The van der Waals surface area contributed by atoms with Gasteiger partial charge in [0.25, 0.3) is 0 Å². The van der Waals surface area contributed by atoms with E-state index in [1.165, 1.54) is 22.4 Å². The van der Waals surface area contributed by atoms with Crippen molar-refractivity contribution in [1.29, 1.82) is 0 Å². The molecular weight excluding hydrogens is 238 g/mol. The number of benzene rings is 1. The lowest BCUT2D eigenvalue weighted by atomic mass is 10.2. The molecule has 0 radical (unpaired) electrons. The van der Waals surface area contributed by atoms with Crippen molar-refractivity contribution in [2.24, 2.45) is 4.40 Å². The number of hydrogen-bond donors (Lipinski definition) is 0. The predicted octanol–water partition coefficient (Wildman–Crippen LogP) is 4.85. The smallest absolute Gasteiger partial charge is 0.0377 e. The summed E-state index contributed by atoms with van der Waals surface area (Å²) in [7, 11) is 0. The lowest BCUT2D eigenvalue weighted by molar-refractivity contribution is 1.41. The van der Waals surface area contributed by atoms with Gasteiger partial charge in [-0.05, 0) is 24.1 Å². The quantitative estimate of drug-likeness (QED) is 0.602. The van der Waals surface area contributed by atoms with Crippen LogP contribution in [0.2, 0.25) is 0 Å². The van der Waals surface area contributed by atoms with Crippen LogP contribution in [0.5, 0.6) is 0 Å². The van der Waals surface area contributed by atoms with Gasteiger partial charge in [-0.3, -0.25) is 0 Å². The molecule has 1 aliphatic carbocycles. The Balaban J connectivity index is 0.000000149. The summed E-state index contributed by atoms with van der Waals surface area (Å²) < 4.78 is 4.12. The molecule has 0 aromatic heterocycles. The molecule has 0 saturated carbocycles. The van der Waals surface area contributed by atoms with Gasteiger partial charge < -0.3 is 0 Å². The summed E-state index contributed by atoms with van der Waals surface area (Å²) in [5.41, 5.74) is 1.25. The highest BCUT2D eigenvalue weighted by atomic mass is 32.2. The molecule has 0 unspecified atom stereocenters. The Labute approximate surface area is 112 Å². The van der Waals surface area contributed by atoms with E-state index in [1.54, 1.807) is 0 Å². The normalized spacial score (nSPS) is 15.3. The molecule has 0 N–H and O–H groups in total. The van der Waals surface area contributed by atoms with Crippen LogP contribution in [0.1, 0.15) is 12.0 Å². The Morgan fingerprint density at radius 2 is 1.67 bits per heavy atom. The van der Waals surface area contributed by atoms with Gasteiger partial charge in [-0.1, -0.05) is 60.7 Å². The third kappa shape index (κ3) is 4.22. The molecule has 0 saturated heterocycles. The summed E-state index contributed by atoms with van der Waals surface area (Å²) in [4.78, 5) is 1.22. The van der Waals surface area contributed by atoms with Crippen molar-refractivity contribution >= 4 is 24.2 Å². The van der Waals surface area contributed by atoms with Gasteiger partial charge in [0, 0.05) is 23.1 Å². The molecule has 2 aliphatic rings. The second-order valence-electron chi connectivity index (χ2n) is 3.72. The predicted molar refractivity (Wildman–Crippen MR) is 81.9 cm³/mol. The molecule has 1 aliphatic heterocycles. The third-order valence-corrected chi connectivity index (χ3v) is 3.17. The first-order valence-corrected chi connectivity index (χ1v) is 6.68. The third-order valence-electron chi connectivity index (χ3n) is 2.37. The van der Waals surface area contributed by atoms with Gasteiger partial charge >= 0.3 is 0 Å². The zero-order valence-corrected chi connectivity index (χ0v) is 10.9. The topological polar surface area (TPSA) is 12.4 Å². The van der Waals surface area contributed by atoms with Crippen molar-refractivity contribution < 1.29 is 0 Å². The van der Waals surface area contributed by atoms with Crippen molar-refractivity contribution in [3.05, 3.63) is 72.4 Å². The van der Waals surface area contributed by atoms with Crippen LogP contribution in [0.4, 0.5) is 0 Å². The van der Waals surface area contributed by atoms with Gasteiger partial charge in [-0.25, -0.2) is 4.40 Å². The van der Waals surface area contributed by atoms with Crippen molar-refractivity contribution in [2.75, 3.05) is 0 Å². The Morgan fingerprint density at radius 1 is 0.889 bits per heavy atom. The fraction of sp³-hybridized carbons (Fsp3) is 0.0625. The van der Waals surface area contributed by atoms with Crippen LogP contribution in [-0.2, 0) is 0 Å². The average Bonchev–Trinajstić information content (AvgIpc) is 2.84. The number of allylic oxidation sites excluding steroid dienone is 7. The first kappa shape index (κ1) is 12.7. The van der Waals surface area contributed by atoms with Crippen LogP contribution >= 0.6 is 11.9 Å². The minimum atomic E-state index is 1.08. The van der Waals surface area contributed by atoms with Crippen LogP contribution < -0.4 is 0 Å². The number of hydrogen-bond acceptors (Lipinski definition) is 2. The highest BCUT2D eigenvalue weighted by molar-refractivity contribution is 7.98. The number of rotatable bonds is 0. The summed E-state index contributed by atoms with van der Waals surface area (Å²) in [6.45, 7) is 0. The van der Waals surface area contributed by atoms with Gasteiger partial charge in [0.2, 0.25) is 0 Å². The number of fused-ring (bicyclic) bond motifs is 1. The van der Waals surface area contributed by atoms with E-state index in [0.717, 1.165) is 6.42 Å². The maximum Gasteiger partial charge on any atom is 0.0377 e. The minimum Gasteiger partial charge on any atom is -0.219 e. The maximum absolute atomic E-state index is 4.12. The average molecular weight is 253 g/mol. The summed E-state index contributed by atoms with van der Waals surface area (Å²) >= 11 is 1.52. The molecule has 1 heterocycles. The van der Waals surface area contributed by atoms with Gasteiger partial charge in [0.05, 0.1) is 0 Å². The second kappa shape index (κ2) is 7.51. The highest BCUT2D eigenvalue weighted by Crippen LogP contribution is 2.25. The first-order valence-electron chi connectivity index (χ1n) is 5.91. The summed E-state index contributed by atoms with van der Waals surface area (Å²) in [5, 5.41) is 0. The fourth-order valence-electron chi connectivity index (χ4n) is 1.49. The van der Waals surface area contributed by atoms with E-state index < -0.39 is 0 Å². The fourth-order valence-corrected chi connectivity index (χ4v) is 2.12. The highest BCUT2D eigenvalue weighted by Gasteiger charge is 1.98. The maximum atomic E-state index is 4.12. The zero-order valence-electron chi connectivity index (χ0n) is 10.1. The lowest BCUT2D eigenvalue weighted by Gasteiger charge is -1.97. The lowest BCUT2D eigenvalue weighted by Crippen LogP contribution is -1.73. The van der Waals surface area contributed by atoms with E-state index in [2.05, 4.69) is 46.9 Å². The van der Waals surface area contributed by atoms with Crippen molar-refractivity contribution in [2.45, 2.75) is 11.3 Å². The van der Waals surface area contributed by atoms with E-state index in [0.29, 0.717) is 0 Å². The van der Waals surface area contributed by atoms with Crippen LogP contribution in [0, 0.1) is 0 Å². The zero-order chi connectivity index (χ0) is 12.5. The summed E-state index contributed by atoms with van der Waals surface area (Å²) in [5.74, 6) is 0. The van der Waals surface area contributed by atoms with Crippen LogP contribution in [0.25, 0.3) is 6.08 Å². The molecule has 1 aromatic carbocycles. The van der Waals surface area contributed by atoms with Crippen molar-refractivity contribution in [3.8, 4) is 0 Å². The molecule has 3 rings (SSSR count). The first-order chi connectivity index (χ1) is 8.97. The van der Waals surface area contributed by atoms with Crippen molar-refractivity contribution in [1.82, 2.24) is 0 Å². The largest absolute Gasteiger partial charge is 0.219 e. The number of nitrogens with zero attached hydrogens (tertiary/aromatic N) is 1. The molecule has 90 valence electrons. The molecule has 2 heteroatoms. The molecule has 0 atom stereocenters. The second-order valence-corrected chi connectivity index (χ2v) is 4.55. The minimum absolute atomic E-state index is 1.08. The van der Waals surface area contributed by atoms with Crippen LogP contribution in [0.3, 0.4) is 0 Å². The van der Waals surface area contributed by atoms with Crippen molar-refractivity contribution in [3.63, 3.8) is 0 Å². The molecule has 1 nitrogen and oxygen atoms in total. The Hall–Kier alpha value is -1.80. The molecule has 0 fully saturated rings. The molecule has 1 aromatic rings. The molecule has 0 spiro atoms. The SMILES string of the molecule is C1=CC=CCC=C1.C1=Cc2ccccc2SN=C1. The Morgan fingerprint density at radius 3 is 2.50 bits per heavy atom. The van der Waals surface area contributed by atoms with E-state index in [9.17, 15) is 0 Å². The van der Waals surface area contributed by atoms with Gasteiger partial charge in [0.1, 0.15) is 0 Å². The summed E-state index contributed by atoms with van der Waals surface area (Å²) in [6.07, 6.45) is 19.3. The Kier molecular flexibility index (Phi) is 5.28.